The van der Waals surface area contributed by atoms with E-state index in [9.17, 15) is 19.5 Å². The summed E-state index contributed by atoms with van der Waals surface area (Å²) in [7, 11) is 5.87. The Balaban J connectivity index is 4.60. The van der Waals surface area contributed by atoms with Gasteiger partial charge in [0.2, 0.25) is 0 Å². The Kier molecular flexibility index (Phi) is 35.0. The molecule has 0 saturated carbocycles. The number of carboxylic acid groups (broad SMARTS) is 1. The number of allylic oxidation sites excluding steroid dienone is 14. The molecule has 0 saturated heterocycles. The molecule has 0 heterocycles. The van der Waals surface area contributed by atoms with Gasteiger partial charge in [0.15, 0.2) is 12.4 Å². The Bertz CT molecular complexity index is 1170. The zero-order valence-corrected chi connectivity index (χ0v) is 35.0. The number of quaternary nitrogens is 1. The van der Waals surface area contributed by atoms with Gasteiger partial charge in [-0.1, -0.05) is 118 Å². The van der Waals surface area contributed by atoms with Crippen LogP contribution < -0.4 is 5.11 Å². The second-order valence-corrected chi connectivity index (χ2v) is 14.5. The number of ether oxygens (including phenoxy) is 4. The average molecular weight is 770 g/mol. The molecule has 0 aromatic heterocycles. The summed E-state index contributed by atoms with van der Waals surface area (Å²) in [5.41, 5.74) is 0. The van der Waals surface area contributed by atoms with Crippen molar-refractivity contribution in [2.45, 2.75) is 142 Å². The fourth-order valence-corrected chi connectivity index (χ4v) is 4.95. The van der Waals surface area contributed by atoms with Gasteiger partial charge in [-0.05, 0) is 83.5 Å². The predicted octanol–water partition coefficient (Wildman–Crippen LogP) is 9.21. The molecule has 0 fully saturated rings. The van der Waals surface area contributed by atoms with Gasteiger partial charge < -0.3 is 33.3 Å². The first-order valence-electron chi connectivity index (χ1n) is 20.7. The number of unbranched alkanes of at least 4 members (excludes halogenated alkanes) is 7. The Morgan fingerprint density at radius 3 is 1.45 bits per heavy atom. The molecule has 2 atom stereocenters. The molecule has 2 unspecified atom stereocenters. The zero-order valence-electron chi connectivity index (χ0n) is 35.0. The normalized spacial score (nSPS) is 13.8. The van der Waals surface area contributed by atoms with Crippen molar-refractivity contribution >= 4 is 17.9 Å². The monoisotopic (exact) mass is 770 g/mol. The van der Waals surface area contributed by atoms with E-state index in [1.807, 2.05) is 21.1 Å². The largest absolute Gasteiger partial charge is 0.545 e. The van der Waals surface area contributed by atoms with Gasteiger partial charge in [-0.3, -0.25) is 9.59 Å². The average Bonchev–Trinajstić information content (AvgIpc) is 3.14. The summed E-state index contributed by atoms with van der Waals surface area (Å²) >= 11 is 0. The van der Waals surface area contributed by atoms with Crippen LogP contribution in [0.15, 0.2) is 85.1 Å². The summed E-state index contributed by atoms with van der Waals surface area (Å²) in [6.45, 7) is 4.40. The van der Waals surface area contributed by atoms with Crippen LogP contribution in [-0.4, -0.2) is 82.3 Å². The molecule has 0 aliphatic heterocycles. The van der Waals surface area contributed by atoms with E-state index < -0.39 is 30.3 Å². The lowest BCUT2D eigenvalue weighted by Gasteiger charge is -2.26. The summed E-state index contributed by atoms with van der Waals surface area (Å²) < 4.78 is 22.4. The quantitative estimate of drug-likeness (QED) is 0.0204. The van der Waals surface area contributed by atoms with Crippen molar-refractivity contribution in [3.63, 3.8) is 0 Å². The maximum Gasteiger partial charge on any atom is 0.306 e. The zero-order chi connectivity index (χ0) is 40.7. The van der Waals surface area contributed by atoms with Crippen molar-refractivity contribution in [3.8, 4) is 0 Å². The summed E-state index contributed by atoms with van der Waals surface area (Å²) in [5, 5.41) is 11.7. The van der Waals surface area contributed by atoms with Gasteiger partial charge in [-0.25, -0.2) is 0 Å². The van der Waals surface area contributed by atoms with Gasteiger partial charge >= 0.3 is 11.9 Å². The van der Waals surface area contributed by atoms with Gasteiger partial charge in [0.1, 0.15) is 13.2 Å². The highest BCUT2D eigenvalue weighted by atomic mass is 16.7. The van der Waals surface area contributed by atoms with Crippen LogP contribution in [0, 0.1) is 0 Å². The fraction of sp³-hybridized carbons (Fsp3) is 0.630. The van der Waals surface area contributed by atoms with Gasteiger partial charge in [0.25, 0.3) is 0 Å². The van der Waals surface area contributed by atoms with Gasteiger partial charge in [0.05, 0.1) is 40.3 Å². The lowest BCUT2D eigenvalue weighted by molar-refractivity contribution is -0.870. The minimum Gasteiger partial charge on any atom is -0.545 e. The molecule has 0 radical (unpaired) electrons. The van der Waals surface area contributed by atoms with Crippen LogP contribution in [0.5, 0.6) is 0 Å². The number of likely N-dealkylation sites (N-methyl/N-ethyl adjacent to an activating group) is 1. The summed E-state index contributed by atoms with van der Waals surface area (Å²) in [6.07, 6.45) is 43.3. The van der Waals surface area contributed by atoms with E-state index in [0.29, 0.717) is 23.9 Å². The second kappa shape index (κ2) is 37.4. The maximum absolute atomic E-state index is 12.7. The molecule has 0 aromatic rings. The maximum atomic E-state index is 12.7. The summed E-state index contributed by atoms with van der Waals surface area (Å²) in [4.78, 5) is 36.9. The van der Waals surface area contributed by atoms with Crippen molar-refractivity contribution in [2.24, 2.45) is 0 Å². The van der Waals surface area contributed by atoms with Crippen molar-refractivity contribution in [2.75, 3.05) is 47.5 Å². The van der Waals surface area contributed by atoms with E-state index in [2.05, 4.69) is 98.9 Å². The number of rotatable bonds is 36. The molecule has 0 spiro atoms. The smallest absolute Gasteiger partial charge is 0.306 e. The molecular weight excluding hydrogens is 695 g/mol. The van der Waals surface area contributed by atoms with Crippen LogP contribution in [0.2, 0.25) is 0 Å². The Labute approximate surface area is 334 Å². The first-order chi connectivity index (χ1) is 26.6. The molecule has 0 amide bonds. The van der Waals surface area contributed by atoms with Gasteiger partial charge in [-0.15, -0.1) is 0 Å². The molecule has 9 heteroatoms. The highest BCUT2D eigenvalue weighted by molar-refractivity contribution is 5.70. The lowest BCUT2D eigenvalue weighted by atomic mass is 10.1. The number of carbonyl (C=O) groups excluding carboxylic acids is 3. The number of carbonyl (C=O) groups is 3. The molecule has 0 bridgehead atoms. The minimum absolute atomic E-state index is 0.133. The van der Waals surface area contributed by atoms with Crippen LogP contribution in [0.3, 0.4) is 0 Å². The summed E-state index contributed by atoms with van der Waals surface area (Å²) in [5.74, 6) is -2.38. The van der Waals surface area contributed by atoms with Gasteiger partial charge in [-0.2, -0.15) is 0 Å². The van der Waals surface area contributed by atoms with E-state index >= 15 is 0 Å². The Morgan fingerprint density at radius 1 is 0.545 bits per heavy atom. The van der Waals surface area contributed by atoms with E-state index in [0.717, 1.165) is 89.9 Å². The second-order valence-electron chi connectivity index (χ2n) is 14.5. The molecule has 0 aromatic carbocycles. The van der Waals surface area contributed by atoms with Gasteiger partial charge in [0, 0.05) is 12.8 Å². The Morgan fingerprint density at radius 2 is 0.982 bits per heavy atom. The molecule has 0 aliphatic carbocycles. The third-order valence-electron chi connectivity index (χ3n) is 8.14. The Hall–Kier alpha value is -3.53. The molecular formula is C46H75NO8. The van der Waals surface area contributed by atoms with Crippen LogP contribution in [-0.2, 0) is 33.3 Å². The van der Waals surface area contributed by atoms with Crippen molar-refractivity contribution in [1.82, 2.24) is 0 Å². The molecule has 0 rings (SSSR count). The predicted molar refractivity (Wildman–Crippen MR) is 223 cm³/mol. The summed E-state index contributed by atoms with van der Waals surface area (Å²) in [6, 6.07) is 0. The highest BCUT2D eigenvalue weighted by Gasteiger charge is 2.21. The first kappa shape index (κ1) is 51.5. The number of esters is 2. The molecule has 312 valence electrons. The highest BCUT2D eigenvalue weighted by Crippen LogP contribution is 2.11. The van der Waals surface area contributed by atoms with Crippen molar-refractivity contribution < 1.29 is 42.9 Å². The van der Waals surface area contributed by atoms with Crippen molar-refractivity contribution in [3.05, 3.63) is 85.1 Å². The number of aliphatic carboxylic acids is 1. The van der Waals surface area contributed by atoms with E-state index in [1.165, 1.54) is 0 Å². The van der Waals surface area contributed by atoms with E-state index in [1.54, 1.807) is 0 Å². The number of carboxylic acids is 1. The van der Waals surface area contributed by atoms with Crippen LogP contribution in [0.1, 0.15) is 129 Å². The standard InChI is InChI=1S/C46H75NO8/c1-6-8-10-12-14-16-18-20-21-22-23-25-27-29-31-33-35-37-44(49)55-42(41-54-46(45(50)51)52-39-38-47(3,4)5)40-53-43(48)36-34-32-30-28-26-24-19-17-15-13-11-9-7-2/h8-11,14-17,20-21,23-26,42,46H,6-7,12-13,18-19,22,27-41H2,1-5H3/b10-8-,11-9-,16-14-,17-15-,21-20-,25-23-,26-24-. The van der Waals surface area contributed by atoms with E-state index in [4.69, 9.17) is 18.9 Å². The SMILES string of the molecule is CC/C=C\C/C=C\C/C=C\C/C=C\CCCCCCC(=O)OC(COC(=O)CCCCC/C=C\C/C=C\C/C=C\CC)COC(OCC[N+](C)(C)C)C(=O)[O-]. The molecule has 9 nitrogen and oxygen atoms in total. The molecule has 0 N–H and O–H groups in total. The third kappa shape index (κ3) is 38.5. The number of hydrogen-bond acceptors (Lipinski definition) is 8. The lowest BCUT2D eigenvalue weighted by Crippen LogP contribution is -2.44. The molecule has 0 aliphatic rings. The minimum atomic E-state index is -1.64. The fourth-order valence-electron chi connectivity index (χ4n) is 4.95. The number of nitrogens with zero attached hydrogens (tertiary/aromatic N) is 1. The topological polar surface area (TPSA) is 111 Å². The van der Waals surface area contributed by atoms with Crippen LogP contribution in [0.4, 0.5) is 0 Å². The first-order valence-corrected chi connectivity index (χ1v) is 20.7. The van der Waals surface area contributed by atoms with Crippen LogP contribution in [0.25, 0.3) is 0 Å². The third-order valence-corrected chi connectivity index (χ3v) is 8.14. The van der Waals surface area contributed by atoms with Crippen molar-refractivity contribution in [1.29, 1.82) is 0 Å². The number of hydrogen-bond donors (Lipinski definition) is 0. The molecule has 55 heavy (non-hydrogen) atoms. The van der Waals surface area contributed by atoms with Crippen LogP contribution >= 0.6 is 0 Å². The van der Waals surface area contributed by atoms with E-state index in [-0.39, 0.29) is 32.7 Å².